The molecule has 0 saturated heterocycles. The third kappa shape index (κ3) is 5.79. The SMILES string of the molecule is CNS(=O)(=O)c1cc(NC(=O)CN(C)Cc2ccccc2-c2ccccc2)ccc1C. The van der Waals surface area contributed by atoms with Crippen molar-refractivity contribution in [1.29, 1.82) is 0 Å². The summed E-state index contributed by atoms with van der Waals surface area (Å²) in [6.07, 6.45) is 0. The summed E-state index contributed by atoms with van der Waals surface area (Å²) in [6, 6.07) is 23.1. The molecule has 0 aliphatic heterocycles. The average molecular weight is 438 g/mol. The molecule has 0 radical (unpaired) electrons. The second-order valence-electron chi connectivity index (χ2n) is 7.43. The zero-order chi connectivity index (χ0) is 22.4. The van der Waals surface area contributed by atoms with Crippen molar-refractivity contribution in [3.8, 4) is 11.1 Å². The Labute approximate surface area is 184 Å². The lowest BCUT2D eigenvalue weighted by molar-refractivity contribution is -0.117. The van der Waals surface area contributed by atoms with E-state index in [0.717, 1.165) is 16.7 Å². The average Bonchev–Trinajstić information content (AvgIpc) is 2.76. The van der Waals surface area contributed by atoms with Crippen molar-refractivity contribution in [3.05, 3.63) is 83.9 Å². The lowest BCUT2D eigenvalue weighted by atomic mass is 9.99. The number of anilines is 1. The number of nitrogens with zero attached hydrogens (tertiary/aromatic N) is 1. The van der Waals surface area contributed by atoms with E-state index in [0.29, 0.717) is 17.8 Å². The van der Waals surface area contributed by atoms with Gasteiger partial charge in [-0.25, -0.2) is 13.1 Å². The van der Waals surface area contributed by atoms with E-state index in [1.54, 1.807) is 19.1 Å². The first-order valence-corrected chi connectivity index (χ1v) is 11.4. The molecule has 3 aromatic carbocycles. The molecule has 7 heteroatoms. The molecule has 3 rings (SSSR count). The summed E-state index contributed by atoms with van der Waals surface area (Å²) in [5.41, 5.74) is 4.45. The molecule has 2 N–H and O–H groups in total. The molecule has 3 aromatic rings. The third-order valence-corrected chi connectivity index (χ3v) is 6.54. The van der Waals surface area contributed by atoms with Gasteiger partial charge in [0.1, 0.15) is 0 Å². The van der Waals surface area contributed by atoms with Crippen molar-refractivity contribution in [2.75, 3.05) is 26.0 Å². The van der Waals surface area contributed by atoms with Crippen LogP contribution in [0.15, 0.2) is 77.7 Å². The highest BCUT2D eigenvalue weighted by Crippen LogP contribution is 2.24. The number of amides is 1. The minimum absolute atomic E-state index is 0.151. The number of sulfonamides is 1. The van der Waals surface area contributed by atoms with Crippen LogP contribution in [0.2, 0.25) is 0 Å². The van der Waals surface area contributed by atoms with Crippen LogP contribution in [-0.4, -0.2) is 39.9 Å². The molecule has 0 bridgehead atoms. The minimum Gasteiger partial charge on any atom is -0.325 e. The third-order valence-electron chi connectivity index (χ3n) is 4.99. The Bertz CT molecular complexity index is 1160. The van der Waals surface area contributed by atoms with E-state index in [1.165, 1.54) is 13.1 Å². The number of rotatable bonds is 8. The standard InChI is InChI=1S/C24H27N3O3S/c1-18-13-14-21(15-23(18)31(29,30)25-2)26-24(28)17-27(3)16-20-11-7-8-12-22(20)19-9-5-4-6-10-19/h4-15,25H,16-17H2,1-3H3,(H,26,28). The van der Waals surface area contributed by atoms with Crippen LogP contribution in [0.25, 0.3) is 11.1 Å². The Kier molecular flexibility index (Phi) is 7.22. The van der Waals surface area contributed by atoms with Crippen LogP contribution in [-0.2, 0) is 21.4 Å². The Morgan fingerprint density at radius 1 is 0.968 bits per heavy atom. The van der Waals surface area contributed by atoms with Crippen molar-refractivity contribution in [2.24, 2.45) is 0 Å². The molecule has 31 heavy (non-hydrogen) atoms. The van der Waals surface area contributed by atoms with Gasteiger partial charge < -0.3 is 5.32 Å². The topological polar surface area (TPSA) is 78.5 Å². The van der Waals surface area contributed by atoms with Crippen LogP contribution in [0.3, 0.4) is 0 Å². The molecule has 0 spiro atoms. The molecule has 0 unspecified atom stereocenters. The maximum Gasteiger partial charge on any atom is 0.240 e. The highest BCUT2D eigenvalue weighted by molar-refractivity contribution is 7.89. The van der Waals surface area contributed by atoms with Gasteiger partial charge in [0, 0.05) is 12.2 Å². The number of benzene rings is 3. The molecular formula is C24H27N3O3S. The van der Waals surface area contributed by atoms with Crippen LogP contribution in [0.5, 0.6) is 0 Å². The molecule has 0 fully saturated rings. The largest absolute Gasteiger partial charge is 0.325 e. The van der Waals surface area contributed by atoms with Gasteiger partial charge in [-0.15, -0.1) is 0 Å². The zero-order valence-corrected chi connectivity index (χ0v) is 18.7. The fourth-order valence-electron chi connectivity index (χ4n) is 3.43. The van der Waals surface area contributed by atoms with E-state index in [-0.39, 0.29) is 17.3 Å². The molecule has 162 valence electrons. The van der Waals surface area contributed by atoms with E-state index < -0.39 is 10.0 Å². The smallest absolute Gasteiger partial charge is 0.240 e. The van der Waals surface area contributed by atoms with E-state index in [4.69, 9.17) is 0 Å². The van der Waals surface area contributed by atoms with Crippen molar-refractivity contribution in [3.63, 3.8) is 0 Å². The fourth-order valence-corrected chi connectivity index (χ4v) is 4.42. The molecule has 0 heterocycles. The number of hydrogen-bond acceptors (Lipinski definition) is 4. The number of nitrogens with one attached hydrogen (secondary N) is 2. The normalized spacial score (nSPS) is 11.5. The van der Waals surface area contributed by atoms with E-state index >= 15 is 0 Å². The first kappa shape index (κ1) is 22.7. The molecule has 0 aliphatic carbocycles. The molecule has 0 aromatic heterocycles. The van der Waals surface area contributed by atoms with Gasteiger partial charge in [-0.1, -0.05) is 60.7 Å². The highest BCUT2D eigenvalue weighted by atomic mass is 32.2. The molecule has 0 atom stereocenters. The van der Waals surface area contributed by atoms with Crippen molar-refractivity contribution in [1.82, 2.24) is 9.62 Å². The lowest BCUT2D eigenvalue weighted by Gasteiger charge is -2.19. The highest BCUT2D eigenvalue weighted by Gasteiger charge is 2.16. The van der Waals surface area contributed by atoms with Crippen LogP contribution >= 0.6 is 0 Å². The number of hydrogen-bond donors (Lipinski definition) is 2. The molecule has 0 saturated carbocycles. The van der Waals surface area contributed by atoms with Gasteiger partial charge in [-0.3, -0.25) is 9.69 Å². The number of likely N-dealkylation sites (N-methyl/N-ethyl adjacent to an activating group) is 1. The summed E-state index contributed by atoms with van der Waals surface area (Å²) in [6.45, 7) is 2.49. The van der Waals surface area contributed by atoms with Gasteiger partial charge in [-0.05, 0) is 55.4 Å². The second kappa shape index (κ2) is 9.87. The maximum absolute atomic E-state index is 12.6. The van der Waals surface area contributed by atoms with E-state index in [2.05, 4.69) is 34.3 Å². The first-order chi connectivity index (χ1) is 14.8. The Balaban J connectivity index is 1.68. The fraction of sp³-hybridized carbons (Fsp3) is 0.208. The van der Waals surface area contributed by atoms with Crippen LogP contribution in [0.1, 0.15) is 11.1 Å². The molecular weight excluding hydrogens is 410 g/mol. The van der Waals surface area contributed by atoms with Gasteiger partial charge >= 0.3 is 0 Å². The number of carbonyl (C=O) groups excluding carboxylic acids is 1. The van der Waals surface area contributed by atoms with Gasteiger partial charge in [0.05, 0.1) is 11.4 Å². The Morgan fingerprint density at radius 3 is 2.35 bits per heavy atom. The van der Waals surface area contributed by atoms with Crippen LogP contribution in [0.4, 0.5) is 5.69 Å². The predicted octanol–water partition coefficient (Wildman–Crippen LogP) is 3.64. The van der Waals surface area contributed by atoms with E-state index in [9.17, 15) is 13.2 Å². The lowest BCUT2D eigenvalue weighted by Crippen LogP contribution is -2.30. The quantitative estimate of drug-likeness (QED) is 0.564. The first-order valence-electron chi connectivity index (χ1n) is 9.96. The summed E-state index contributed by atoms with van der Waals surface area (Å²) in [5.74, 6) is -0.212. The summed E-state index contributed by atoms with van der Waals surface area (Å²) >= 11 is 0. The van der Waals surface area contributed by atoms with Crippen molar-refractivity contribution < 1.29 is 13.2 Å². The molecule has 0 aliphatic rings. The Hall–Kier alpha value is -3.00. The molecule has 1 amide bonds. The van der Waals surface area contributed by atoms with Crippen molar-refractivity contribution >= 4 is 21.6 Å². The second-order valence-corrected chi connectivity index (χ2v) is 9.29. The number of aryl methyl sites for hydroxylation is 1. The van der Waals surface area contributed by atoms with Gasteiger partial charge in [0.15, 0.2) is 0 Å². The van der Waals surface area contributed by atoms with Crippen LogP contribution in [0, 0.1) is 6.92 Å². The molecule has 6 nitrogen and oxygen atoms in total. The van der Waals surface area contributed by atoms with E-state index in [1.807, 2.05) is 42.3 Å². The maximum atomic E-state index is 12.6. The van der Waals surface area contributed by atoms with Crippen LogP contribution < -0.4 is 10.0 Å². The van der Waals surface area contributed by atoms with Crippen molar-refractivity contribution in [2.45, 2.75) is 18.4 Å². The Morgan fingerprint density at radius 2 is 1.65 bits per heavy atom. The number of carbonyl (C=O) groups is 1. The predicted molar refractivity (Wildman–Crippen MR) is 124 cm³/mol. The monoisotopic (exact) mass is 437 g/mol. The summed E-state index contributed by atoms with van der Waals surface area (Å²) < 4.78 is 26.6. The summed E-state index contributed by atoms with van der Waals surface area (Å²) in [5, 5.41) is 2.80. The summed E-state index contributed by atoms with van der Waals surface area (Å²) in [7, 11) is -0.348. The van der Waals surface area contributed by atoms with Gasteiger partial charge in [0.25, 0.3) is 0 Å². The zero-order valence-electron chi connectivity index (χ0n) is 17.9. The summed E-state index contributed by atoms with van der Waals surface area (Å²) in [4.78, 5) is 14.6. The van der Waals surface area contributed by atoms with Gasteiger partial charge in [-0.2, -0.15) is 0 Å². The minimum atomic E-state index is -3.59. The van der Waals surface area contributed by atoms with Gasteiger partial charge in [0.2, 0.25) is 15.9 Å².